The molecule has 1 atom stereocenters. The molecule has 20 heavy (non-hydrogen) atoms. The van der Waals surface area contributed by atoms with E-state index in [1.165, 1.54) is 32.1 Å². The molecule has 1 unspecified atom stereocenters. The summed E-state index contributed by atoms with van der Waals surface area (Å²) in [6, 6.07) is 0. The second kappa shape index (κ2) is 18.1. The summed E-state index contributed by atoms with van der Waals surface area (Å²) in [5.41, 5.74) is 0. The maximum Gasteiger partial charge on any atom is 0.305 e. The van der Waals surface area contributed by atoms with Crippen LogP contribution >= 0.6 is 0 Å². The minimum absolute atomic E-state index is 0.105. The minimum atomic E-state index is -0.951. The molecular formula is C16H32O4. The molecule has 120 valence electrons. The zero-order valence-corrected chi connectivity index (χ0v) is 13.1. The maximum atomic E-state index is 11.2. The van der Waals surface area contributed by atoms with Crippen LogP contribution < -0.4 is 0 Å². The SMILES string of the molecule is C=CC.CCCCCCCCCC(=O)OCC(O)CO. The summed E-state index contributed by atoms with van der Waals surface area (Å²) in [5, 5.41) is 17.5. The van der Waals surface area contributed by atoms with Crippen molar-refractivity contribution in [2.24, 2.45) is 0 Å². The molecule has 0 aliphatic rings. The van der Waals surface area contributed by atoms with Gasteiger partial charge in [-0.15, -0.1) is 6.58 Å². The summed E-state index contributed by atoms with van der Waals surface area (Å²) in [6.45, 7) is 6.97. The predicted molar refractivity (Wildman–Crippen MR) is 82.5 cm³/mol. The van der Waals surface area contributed by atoms with Gasteiger partial charge in [0.05, 0.1) is 6.61 Å². The van der Waals surface area contributed by atoms with Crippen molar-refractivity contribution in [1.29, 1.82) is 0 Å². The van der Waals surface area contributed by atoms with Gasteiger partial charge in [0.15, 0.2) is 0 Å². The molecule has 2 N–H and O–H groups in total. The van der Waals surface area contributed by atoms with Crippen molar-refractivity contribution in [3.05, 3.63) is 12.7 Å². The van der Waals surface area contributed by atoms with Crippen LogP contribution in [0.2, 0.25) is 0 Å². The summed E-state index contributed by atoms with van der Waals surface area (Å²) in [4.78, 5) is 11.2. The van der Waals surface area contributed by atoms with Gasteiger partial charge in [0, 0.05) is 6.42 Å². The van der Waals surface area contributed by atoms with Crippen molar-refractivity contribution in [3.8, 4) is 0 Å². The average molecular weight is 288 g/mol. The van der Waals surface area contributed by atoms with Gasteiger partial charge in [-0.25, -0.2) is 0 Å². The molecule has 0 radical (unpaired) electrons. The van der Waals surface area contributed by atoms with E-state index in [1.54, 1.807) is 6.08 Å². The molecular weight excluding hydrogens is 256 g/mol. The number of aliphatic hydroxyl groups is 2. The minimum Gasteiger partial charge on any atom is -0.463 e. The zero-order chi connectivity index (χ0) is 15.6. The van der Waals surface area contributed by atoms with E-state index < -0.39 is 6.10 Å². The van der Waals surface area contributed by atoms with Gasteiger partial charge in [-0.05, 0) is 13.3 Å². The largest absolute Gasteiger partial charge is 0.463 e. The number of esters is 1. The highest BCUT2D eigenvalue weighted by molar-refractivity contribution is 5.69. The number of unbranched alkanes of at least 4 members (excludes halogenated alkanes) is 6. The Kier molecular flexibility index (Phi) is 19.4. The highest BCUT2D eigenvalue weighted by Gasteiger charge is 2.07. The van der Waals surface area contributed by atoms with Gasteiger partial charge in [-0.2, -0.15) is 0 Å². The van der Waals surface area contributed by atoms with Crippen molar-refractivity contribution >= 4 is 5.97 Å². The van der Waals surface area contributed by atoms with Crippen LogP contribution in [0.1, 0.15) is 65.2 Å². The lowest BCUT2D eigenvalue weighted by Gasteiger charge is -2.08. The summed E-state index contributed by atoms with van der Waals surface area (Å²) in [5.74, 6) is -0.286. The van der Waals surface area contributed by atoms with Gasteiger partial charge in [-0.1, -0.05) is 51.5 Å². The van der Waals surface area contributed by atoms with E-state index in [0.717, 1.165) is 12.8 Å². The molecule has 0 aromatic heterocycles. The van der Waals surface area contributed by atoms with E-state index in [9.17, 15) is 4.79 Å². The van der Waals surface area contributed by atoms with Crippen LogP contribution in [0.3, 0.4) is 0 Å². The van der Waals surface area contributed by atoms with Gasteiger partial charge < -0.3 is 14.9 Å². The lowest BCUT2D eigenvalue weighted by molar-refractivity contribution is -0.147. The molecule has 4 heteroatoms. The summed E-state index contributed by atoms with van der Waals surface area (Å²) >= 11 is 0. The van der Waals surface area contributed by atoms with Crippen LogP contribution in [0, 0.1) is 0 Å². The van der Waals surface area contributed by atoms with Crippen LogP contribution in [0.4, 0.5) is 0 Å². The zero-order valence-electron chi connectivity index (χ0n) is 13.1. The normalized spacial score (nSPS) is 11.2. The van der Waals surface area contributed by atoms with E-state index >= 15 is 0 Å². The molecule has 0 aromatic carbocycles. The highest BCUT2D eigenvalue weighted by atomic mass is 16.5. The van der Waals surface area contributed by atoms with E-state index in [0.29, 0.717) is 6.42 Å². The van der Waals surface area contributed by atoms with Crippen molar-refractivity contribution in [1.82, 2.24) is 0 Å². The first-order valence-corrected chi connectivity index (χ1v) is 7.63. The fourth-order valence-corrected chi connectivity index (χ4v) is 1.54. The smallest absolute Gasteiger partial charge is 0.305 e. The first-order valence-electron chi connectivity index (χ1n) is 7.63. The Morgan fingerprint density at radius 1 is 1.20 bits per heavy atom. The van der Waals surface area contributed by atoms with E-state index in [1.807, 2.05) is 6.92 Å². The first-order chi connectivity index (χ1) is 9.62. The van der Waals surface area contributed by atoms with Crippen LogP contribution in [0.15, 0.2) is 12.7 Å². The Bertz CT molecular complexity index is 217. The summed E-state index contributed by atoms with van der Waals surface area (Å²) < 4.78 is 4.79. The van der Waals surface area contributed by atoms with Crippen molar-refractivity contribution in [2.75, 3.05) is 13.2 Å². The Morgan fingerprint density at radius 3 is 2.20 bits per heavy atom. The summed E-state index contributed by atoms with van der Waals surface area (Å²) in [6.07, 6.45) is 9.35. The average Bonchev–Trinajstić information content (AvgIpc) is 2.44. The number of ether oxygens (including phenoxy) is 1. The number of aliphatic hydroxyl groups excluding tert-OH is 2. The van der Waals surface area contributed by atoms with Crippen molar-refractivity contribution in [3.63, 3.8) is 0 Å². The second-order valence-corrected chi connectivity index (χ2v) is 4.80. The molecule has 0 aliphatic carbocycles. The maximum absolute atomic E-state index is 11.2. The molecule has 0 heterocycles. The molecule has 0 aliphatic heterocycles. The molecule has 0 spiro atoms. The molecule has 0 fully saturated rings. The van der Waals surface area contributed by atoms with Crippen LogP contribution in [0.5, 0.6) is 0 Å². The molecule has 0 rings (SSSR count). The lowest BCUT2D eigenvalue weighted by Crippen LogP contribution is -2.21. The molecule has 0 amide bonds. The fraction of sp³-hybridized carbons (Fsp3) is 0.812. The molecule has 0 bridgehead atoms. The van der Waals surface area contributed by atoms with Crippen molar-refractivity contribution < 1.29 is 19.7 Å². The standard InChI is InChI=1S/C13H26O4.C3H6/c1-2-3-4-5-6-7-8-9-13(16)17-11-12(15)10-14;1-3-2/h12,14-15H,2-11H2,1H3;3H,1H2,2H3. The van der Waals surface area contributed by atoms with Gasteiger partial charge >= 0.3 is 5.97 Å². The lowest BCUT2D eigenvalue weighted by atomic mass is 10.1. The third kappa shape index (κ3) is 19.5. The summed E-state index contributed by atoms with van der Waals surface area (Å²) in [7, 11) is 0. The Labute approximate surface area is 123 Å². The second-order valence-electron chi connectivity index (χ2n) is 4.80. The Hall–Kier alpha value is -0.870. The van der Waals surface area contributed by atoms with Gasteiger partial charge in [-0.3, -0.25) is 4.79 Å². The Morgan fingerprint density at radius 2 is 1.70 bits per heavy atom. The van der Waals surface area contributed by atoms with E-state index in [-0.39, 0.29) is 19.2 Å². The van der Waals surface area contributed by atoms with E-state index in [4.69, 9.17) is 14.9 Å². The third-order valence-corrected chi connectivity index (χ3v) is 2.63. The van der Waals surface area contributed by atoms with Crippen molar-refractivity contribution in [2.45, 2.75) is 71.3 Å². The number of rotatable bonds is 11. The van der Waals surface area contributed by atoms with Gasteiger partial charge in [0.2, 0.25) is 0 Å². The van der Waals surface area contributed by atoms with E-state index in [2.05, 4.69) is 13.5 Å². The number of carbonyl (C=O) groups excluding carboxylic acids is 1. The molecule has 0 aromatic rings. The quantitative estimate of drug-likeness (QED) is 0.348. The number of hydrogen-bond donors (Lipinski definition) is 2. The molecule has 4 nitrogen and oxygen atoms in total. The number of carbonyl (C=O) groups is 1. The number of hydrogen-bond acceptors (Lipinski definition) is 4. The highest BCUT2D eigenvalue weighted by Crippen LogP contribution is 2.08. The monoisotopic (exact) mass is 288 g/mol. The predicted octanol–water partition coefficient (Wildman–Crippen LogP) is 3.22. The molecule has 0 saturated carbocycles. The van der Waals surface area contributed by atoms with Crippen LogP contribution in [-0.4, -0.2) is 35.5 Å². The topological polar surface area (TPSA) is 66.8 Å². The van der Waals surface area contributed by atoms with Crippen LogP contribution in [0.25, 0.3) is 0 Å². The van der Waals surface area contributed by atoms with Gasteiger partial charge in [0.1, 0.15) is 12.7 Å². The molecule has 0 saturated heterocycles. The van der Waals surface area contributed by atoms with Gasteiger partial charge in [0.25, 0.3) is 0 Å². The van der Waals surface area contributed by atoms with Crippen LogP contribution in [-0.2, 0) is 9.53 Å². The third-order valence-electron chi connectivity index (χ3n) is 2.63. The number of allylic oxidation sites excluding steroid dienone is 1. The Balaban J connectivity index is 0. The fourth-order valence-electron chi connectivity index (χ4n) is 1.54. The first kappa shape index (κ1) is 21.4.